The SMILES string of the molecule is C[n+]1ccc(C2Nc3cc(Cl)ccc3Oc3ccc(Cl)cc32)cc1. The molecular formula is C19H15Cl2N2O+. The second kappa shape index (κ2) is 6.00. The molecule has 2 aromatic carbocycles. The quantitative estimate of drug-likeness (QED) is 0.611. The molecule has 1 aromatic heterocycles. The average Bonchev–Trinajstić information content (AvgIpc) is 2.72. The van der Waals surface area contributed by atoms with Crippen LogP contribution >= 0.6 is 23.2 Å². The van der Waals surface area contributed by atoms with Crippen LogP contribution in [-0.2, 0) is 7.05 Å². The number of benzene rings is 2. The highest BCUT2D eigenvalue weighted by Crippen LogP contribution is 2.43. The third-order valence-electron chi connectivity index (χ3n) is 4.08. The first-order chi connectivity index (χ1) is 11.6. The molecule has 2 heterocycles. The van der Waals surface area contributed by atoms with Gasteiger partial charge in [0.2, 0.25) is 0 Å². The van der Waals surface area contributed by atoms with Crippen LogP contribution in [0.5, 0.6) is 11.5 Å². The number of anilines is 1. The Balaban J connectivity index is 1.90. The number of ether oxygens (including phenoxy) is 1. The molecule has 1 aliphatic heterocycles. The number of fused-ring (bicyclic) bond motifs is 2. The maximum Gasteiger partial charge on any atom is 0.168 e. The van der Waals surface area contributed by atoms with Gasteiger partial charge < -0.3 is 10.1 Å². The van der Waals surface area contributed by atoms with Crippen molar-refractivity contribution in [2.45, 2.75) is 6.04 Å². The van der Waals surface area contributed by atoms with E-state index in [1.807, 2.05) is 60.4 Å². The predicted octanol–water partition coefficient (Wildman–Crippen LogP) is 5.13. The van der Waals surface area contributed by atoms with Crippen LogP contribution in [0.15, 0.2) is 60.9 Å². The van der Waals surface area contributed by atoms with Gasteiger partial charge in [0.05, 0.1) is 11.7 Å². The molecule has 120 valence electrons. The summed E-state index contributed by atoms with van der Waals surface area (Å²) in [4.78, 5) is 0. The Hall–Kier alpha value is -2.23. The molecule has 1 aliphatic rings. The zero-order valence-corrected chi connectivity index (χ0v) is 14.5. The smallest absolute Gasteiger partial charge is 0.168 e. The largest absolute Gasteiger partial charge is 0.455 e. The standard InChI is InChI=1S/C19H15Cl2N2O/c1-23-8-6-12(7-9-23)19-15-10-13(20)2-4-17(15)24-18-5-3-14(21)11-16(18)22-19/h2-11,19,22H,1H3/q+1. The molecule has 3 nitrogen and oxygen atoms in total. The van der Waals surface area contributed by atoms with Gasteiger partial charge in [0.1, 0.15) is 12.8 Å². The van der Waals surface area contributed by atoms with Crippen molar-refractivity contribution in [2.24, 2.45) is 7.05 Å². The molecule has 5 heteroatoms. The first-order valence-corrected chi connectivity index (χ1v) is 8.34. The Kier molecular flexibility index (Phi) is 3.83. The van der Waals surface area contributed by atoms with E-state index in [1.54, 1.807) is 0 Å². The molecule has 0 aliphatic carbocycles. The number of aryl methyl sites for hydroxylation is 1. The van der Waals surface area contributed by atoms with Crippen LogP contribution in [0.3, 0.4) is 0 Å². The van der Waals surface area contributed by atoms with E-state index in [2.05, 4.69) is 17.4 Å². The van der Waals surface area contributed by atoms with Gasteiger partial charge in [-0.1, -0.05) is 23.2 Å². The molecule has 0 radical (unpaired) electrons. The van der Waals surface area contributed by atoms with Crippen LogP contribution in [0, 0.1) is 0 Å². The van der Waals surface area contributed by atoms with Crippen molar-refractivity contribution in [2.75, 3.05) is 5.32 Å². The Labute approximate surface area is 150 Å². The van der Waals surface area contributed by atoms with Crippen LogP contribution in [0.4, 0.5) is 5.69 Å². The zero-order valence-electron chi connectivity index (χ0n) is 13.0. The van der Waals surface area contributed by atoms with E-state index in [0.717, 1.165) is 28.3 Å². The maximum absolute atomic E-state index is 6.24. The van der Waals surface area contributed by atoms with E-state index >= 15 is 0 Å². The third kappa shape index (κ3) is 2.81. The zero-order chi connectivity index (χ0) is 16.7. The molecule has 0 saturated carbocycles. The van der Waals surface area contributed by atoms with E-state index < -0.39 is 0 Å². The van der Waals surface area contributed by atoms with Crippen molar-refractivity contribution < 1.29 is 9.30 Å². The van der Waals surface area contributed by atoms with E-state index in [-0.39, 0.29) is 6.04 Å². The Bertz CT molecular complexity index is 910. The number of pyridine rings is 1. The van der Waals surface area contributed by atoms with Crippen LogP contribution in [0.25, 0.3) is 0 Å². The first kappa shape index (κ1) is 15.3. The molecule has 0 fully saturated rings. The Morgan fingerprint density at radius 1 is 0.917 bits per heavy atom. The lowest BCUT2D eigenvalue weighted by atomic mass is 9.98. The molecule has 24 heavy (non-hydrogen) atoms. The minimum absolute atomic E-state index is 0.0837. The molecule has 0 spiro atoms. The Morgan fingerprint density at radius 3 is 2.33 bits per heavy atom. The monoisotopic (exact) mass is 357 g/mol. The van der Waals surface area contributed by atoms with E-state index in [4.69, 9.17) is 27.9 Å². The maximum atomic E-state index is 6.24. The second-order valence-electron chi connectivity index (χ2n) is 5.80. The van der Waals surface area contributed by atoms with Crippen LogP contribution in [0.2, 0.25) is 10.0 Å². The van der Waals surface area contributed by atoms with Gasteiger partial charge in [0.25, 0.3) is 0 Å². The summed E-state index contributed by atoms with van der Waals surface area (Å²) < 4.78 is 8.10. The predicted molar refractivity (Wildman–Crippen MR) is 96.1 cm³/mol. The van der Waals surface area contributed by atoms with Gasteiger partial charge in [-0.05, 0) is 42.0 Å². The number of nitrogens with one attached hydrogen (secondary N) is 1. The van der Waals surface area contributed by atoms with Gasteiger partial charge in [0, 0.05) is 27.7 Å². The van der Waals surface area contributed by atoms with Crippen LogP contribution in [-0.4, -0.2) is 0 Å². The van der Waals surface area contributed by atoms with Crippen molar-refractivity contribution >= 4 is 28.9 Å². The van der Waals surface area contributed by atoms with Crippen molar-refractivity contribution in [3.8, 4) is 11.5 Å². The average molecular weight is 358 g/mol. The molecule has 0 bridgehead atoms. The van der Waals surface area contributed by atoms with E-state index in [1.165, 1.54) is 0 Å². The highest BCUT2D eigenvalue weighted by Gasteiger charge is 2.25. The van der Waals surface area contributed by atoms with Gasteiger partial charge in [0.15, 0.2) is 18.1 Å². The molecule has 4 rings (SSSR count). The van der Waals surface area contributed by atoms with E-state index in [9.17, 15) is 0 Å². The number of halogens is 2. The number of hydrogen-bond acceptors (Lipinski definition) is 2. The van der Waals surface area contributed by atoms with Gasteiger partial charge >= 0.3 is 0 Å². The van der Waals surface area contributed by atoms with Crippen LogP contribution in [0.1, 0.15) is 17.2 Å². The number of aromatic nitrogens is 1. The minimum atomic E-state index is -0.0837. The first-order valence-electron chi connectivity index (χ1n) is 7.59. The molecule has 0 saturated heterocycles. The molecule has 0 amide bonds. The summed E-state index contributed by atoms with van der Waals surface area (Å²) in [6.45, 7) is 0. The third-order valence-corrected chi connectivity index (χ3v) is 4.55. The summed E-state index contributed by atoms with van der Waals surface area (Å²) in [6.07, 6.45) is 4.04. The van der Waals surface area contributed by atoms with Crippen molar-refractivity contribution in [1.29, 1.82) is 0 Å². The lowest BCUT2D eigenvalue weighted by molar-refractivity contribution is -0.671. The van der Waals surface area contributed by atoms with Crippen molar-refractivity contribution in [1.82, 2.24) is 0 Å². The van der Waals surface area contributed by atoms with Gasteiger partial charge in [-0.25, -0.2) is 4.57 Å². The fourth-order valence-electron chi connectivity index (χ4n) is 2.86. The van der Waals surface area contributed by atoms with Crippen molar-refractivity contribution in [3.63, 3.8) is 0 Å². The fourth-order valence-corrected chi connectivity index (χ4v) is 3.21. The van der Waals surface area contributed by atoms with Gasteiger partial charge in [-0.2, -0.15) is 0 Å². The lowest BCUT2D eigenvalue weighted by Crippen LogP contribution is -2.26. The summed E-state index contributed by atoms with van der Waals surface area (Å²) in [7, 11) is 1.99. The second-order valence-corrected chi connectivity index (χ2v) is 6.67. The van der Waals surface area contributed by atoms with Crippen molar-refractivity contribution in [3.05, 3.63) is 82.1 Å². The molecule has 3 aromatic rings. The normalized spacial score (nSPS) is 15.5. The summed E-state index contributed by atoms with van der Waals surface area (Å²) in [5, 5.41) is 4.88. The topological polar surface area (TPSA) is 25.1 Å². The van der Waals surface area contributed by atoms with Gasteiger partial charge in [-0.15, -0.1) is 0 Å². The highest BCUT2D eigenvalue weighted by atomic mass is 35.5. The minimum Gasteiger partial charge on any atom is -0.455 e. The summed E-state index contributed by atoms with van der Waals surface area (Å²) in [6, 6.07) is 15.3. The molecule has 1 atom stereocenters. The summed E-state index contributed by atoms with van der Waals surface area (Å²) in [5.74, 6) is 1.53. The Morgan fingerprint density at radius 2 is 1.58 bits per heavy atom. The van der Waals surface area contributed by atoms with E-state index in [0.29, 0.717) is 10.0 Å². The lowest BCUT2D eigenvalue weighted by Gasteiger charge is -2.19. The number of nitrogens with zero attached hydrogens (tertiary/aromatic N) is 1. The fraction of sp³-hybridized carbons (Fsp3) is 0.105. The summed E-state index contributed by atoms with van der Waals surface area (Å²) >= 11 is 12.4. The molecular weight excluding hydrogens is 343 g/mol. The molecule has 1 N–H and O–H groups in total. The van der Waals surface area contributed by atoms with Crippen LogP contribution < -0.4 is 14.6 Å². The highest BCUT2D eigenvalue weighted by molar-refractivity contribution is 6.31. The number of hydrogen-bond donors (Lipinski definition) is 1. The molecule has 1 unspecified atom stereocenters. The van der Waals surface area contributed by atoms with Gasteiger partial charge in [-0.3, -0.25) is 0 Å². The summed E-state index contributed by atoms with van der Waals surface area (Å²) in [5.41, 5.74) is 2.96. The number of rotatable bonds is 1.